The number of rotatable bonds is 0. The van der Waals surface area contributed by atoms with Gasteiger partial charge in [-0.1, -0.05) is 27.7 Å². The third-order valence-corrected chi connectivity index (χ3v) is 0. The fraction of sp³-hybridized carbons (Fsp3) is 1.00. The van der Waals surface area contributed by atoms with Crippen molar-refractivity contribution in [2.45, 2.75) is 27.7 Å². The van der Waals surface area contributed by atoms with E-state index in [2.05, 4.69) is 27.7 Å². The molecule has 0 heterocycles. The van der Waals surface area contributed by atoms with Crippen molar-refractivity contribution >= 4 is 0 Å². The first-order valence-corrected chi connectivity index (χ1v) is 2.00. The minimum Gasteiger partial charge on any atom is -0.0604 e. The van der Waals surface area contributed by atoms with E-state index >= 15 is 0 Å². The zero-order chi connectivity index (χ0) is 4.50. The third kappa shape index (κ3) is 135. The van der Waals surface area contributed by atoms with E-state index in [0.29, 0.717) is 5.41 Å². The quantitative estimate of drug-likeness (QED) is 0.622. The maximum Gasteiger partial charge on any atom is 0 e. The van der Waals surface area contributed by atoms with Gasteiger partial charge in [-0.2, -0.15) is 0 Å². The summed E-state index contributed by atoms with van der Waals surface area (Å²) >= 11 is 0. The normalized spacial score (nSPS) is 10.0. The molecule has 0 aromatic carbocycles. The van der Waals surface area contributed by atoms with Crippen molar-refractivity contribution in [3.8, 4) is 0 Å². The first-order chi connectivity index (χ1) is 2.00. The monoisotopic (exact) mass is 256 g/mol. The smallest absolute Gasteiger partial charge is 0 e. The second-order valence-corrected chi connectivity index (χ2v) is 3.00. The summed E-state index contributed by atoms with van der Waals surface area (Å²) in [5, 5.41) is 0. The van der Waals surface area contributed by atoms with Crippen molar-refractivity contribution in [3.05, 3.63) is 0 Å². The van der Waals surface area contributed by atoms with Gasteiger partial charge in [-0.3, -0.25) is 0 Å². The van der Waals surface area contributed by atoms with Gasteiger partial charge in [0.1, 0.15) is 0 Å². The van der Waals surface area contributed by atoms with Gasteiger partial charge >= 0.3 is 0 Å². The van der Waals surface area contributed by atoms with Crippen LogP contribution in [0.1, 0.15) is 27.7 Å². The van der Waals surface area contributed by atoms with Crippen LogP contribution in [-0.4, -0.2) is 0 Å². The first-order valence-electron chi connectivity index (χ1n) is 2.00. The van der Waals surface area contributed by atoms with Crippen LogP contribution in [0.3, 0.4) is 0 Å². The Kier molecular flexibility index (Phi) is 4.59. The summed E-state index contributed by atoms with van der Waals surface area (Å²) in [6, 6.07) is 0. The summed E-state index contributed by atoms with van der Waals surface area (Å²) in [5.41, 5.74) is 0.500. The largest absolute Gasteiger partial charge is 0.0604 e. The Balaban J connectivity index is 0. The molecule has 0 aromatic rings. The van der Waals surface area contributed by atoms with Crippen LogP contribution in [0.25, 0.3) is 0 Å². The van der Waals surface area contributed by atoms with Gasteiger partial charge in [-0.15, -0.1) is 0 Å². The fourth-order valence-electron chi connectivity index (χ4n) is 0. The second kappa shape index (κ2) is 2.80. The zero-order valence-corrected chi connectivity index (χ0v) is 7.84. The molecule has 0 aliphatic heterocycles. The fourth-order valence-corrected chi connectivity index (χ4v) is 0. The van der Waals surface area contributed by atoms with Gasteiger partial charge in [0, 0.05) is 21.1 Å². The topological polar surface area (TPSA) is 0 Å². The molecule has 0 saturated heterocycles. The average molecular weight is 256 g/mol. The minimum absolute atomic E-state index is 0. The Morgan fingerprint density at radius 3 is 0.833 bits per heavy atom. The Labute approximate surface area is 54.6 Å². The van der Waals surface area contributed by atoms with Gasteiger partial charge in [-0.25, -0.2) is 0 Å². The third-order valence-electron chi connectivity index (χ3n) is 0. The molecule has 0 unspecified atom stereocenters. The Hall–Kier alpha value is 0.688. The molecule has 0 rings (SSSR count). The van der Waals surface area contributed by atoms with Crippen LogP contribution in [0.15, 0.2) is 0 Å². The molecule has 38 valence electrons. The zero-order valence-electron chi connectivity index (χ0n) is 4.91. The van der Waals surface area contributed by atoms with E-state index in [1.54, 1.807) is 0 Å². The molecule has 1 heteroatoms. The van der Waals surface area contributed by atoms with Crippen LogP contribution in [-0.2, 0) is 21.1 Å². The SMILES string of the molecule is CC(C)(C)C.[W]. The van der Waals surface area contributed by atoms with Gasteiger partial charge in [-0.05, 0) is 5.41 Å². The molecule has 0 radical (unpaired) electrons. The number of hydrogen-bond donors (Lipinski definition) is 0. The van der Waals surface area contributed by atoms with E-state index in [0.717, 1.165) is 0 Å². The molecule has 0 aromatic heterocycles. The van der Waals surface area contributed by atoms with E-state index in [4.69, 9.17) is 0 Å². The molecule has 0 saturated carbocycles. The van der Waals surface area contributed by atoms with Crippen molar-refractivity contribution in [1.82, 2.24) is 0 Å². The van der Waals surface area contributed by atoms with Crippen LogP contribution < -0.4 is 0 Å². The summed E-state index contributed by atoms with van der Waals surface area (Å²) in [4.78, 5) is 0. The Bertz CT molecular complexity index is 19.4. The van der Waals surface area contributed by atoms with Crippen LogP contribution >= 0.6 is 0 Å². The van der Waals surface area contributed by atoms with Gasteiger partial charge < -0.3 is 0 Å². The molecule has 0 spiro atoms. The van der Waals surface area contributed by atoms with E-state index in [1.807, 2.05) is 0 Å². The van der Waals surface area contributed by atoms with E-state index < -0.39 is 0 Å². The van der Waals surface area contributed by atoms with Crippen molar-refractivity contribution in [2.24, 2.45) is 5.41 Å². The van der Waals surface area contributed by atoms with Crippen molar-refractivity contribution in [3.63, 3.8) is 0 Å². The van der Waals surface area contributed by atoms with Crippen molar-refractivity contribution < 1.29 is 21.1 Å². The predicted molar refractivity (Wildman–Crippen MR) is 25.1 cm³/mol. The van der Waals surface area contributed by atoms with Crippen LogP contribution in [0.4, 0.5) is 0 Å². The molecular weight excluding hydrogens is 244 g/mol. The van der Waals surface area contributed by atoms with E-state index in [9.17, 15) is 0 Å². The van der Waals surface area contributed by atoms with Gasteiger partial charge in [0.15, 0.2) is 0 Å². The Morgan fingerprint density at radius 2 is 0.833 bits per heavy atom. The molecule has 0 atom stereocenters. The Morgan fingerprint density at radius 1 is 0.833 bits per heavy atom. The summed E-state index contributed by atoms with van der Waals surface area (Å²) in [6.45, 7) is 8.75. The minimum atomic E-state index is 0. The molecule has 0 aliphatic carbocycles. The van der Waals surface area contributed by atoms with Crippen molar-refractivity contribution in [1.29, 1.82) is 0 Å². The molecule has 0 bridgehead atoms. The summed E-state index contributed by atoms with van der Waals surface area (Å²) in [6.07, 6.45) is 0. The number of hydrogen-bond acceptors (Lipinski definition) is 0. The molecule has 6 heavy (non-hydrogen) atoms. The molecule has 0 amide bonds. The van der Waals surface area contributed by atoms with Crippen LogP contribution in [0.2, 0.25) is 0 Å². The molecular formula is C5H12W. The summed E-state index contributed by atoms with van der Waals surface area (Å²) in [7, 11) is 0. The van der Waals surface area contributed by atoms with Crippen molar-refractivity contribution in [2.75, 3.05) is 0 Å². The van der Waals surface area contributed by atoms with E-state index in [-0.39, 0.29) is 21.1 Å². The summed E-state index contributed by atoms with van der Waals surface area (Å²) in [5.74, 6) is 0. The van der Waals surface area contributed by atoms with Crippen LogP contribution in [0, 0.1) is 5.41 Å². The second-order valence-electron chi connectivity index (χ2n) is 3.00. The maximum absolute atomic E-state index is 2.19. The molecule has 0 fully saturated rings. The maximum atomic E-state index is 2.19. The average Bonchev–Trinajstić information content (AvgIpc) is 0.722. The van der Waals surface area contributed by atoms with Crippen LogP contribution in [0.5, 0.6) is 0 Å². The van der Waals surface area contributed by atoms with Gasteiger partial charge in [0.05, 0.1) is 0 Å². The van der Waals surface area contributed by atoms with Gasteiger partial charge in [0.2, 0.25) is 0 Å². The summed E-state index contributed by atoms with van der Waals surface area (Å²) < 4.78 is 0. The van der Waals surface area contributed by atoms with E-state index in [1.165, 1.54) is 0 Å². The predicted octanol–water partition coefficient (Wildman–Crippen LogP) is 2.05. The standard InChI is InChI=1S/C5H12.W/c1-5(2,3)4;/h1-4H3;. The molecule has 0 aliphatic rings. The molecule has 0 N–H and O–H groups in total. The molecule has 0 nitrogen and oxygen atoms in total. The first kappa shape index (κ1) is 9.85. The van der Waals surface area contributed by atoms with Gasteiger partial charge in [0.25, 0.3) is 0 Å².